The van der Waals surface area contributed by atoms with Crippen molar-refractivity contribution in [1.82, 2.24) is 0 Å². The number of carbonyl (C=O) groups excluding carboxylic acids is 1. The van der Waals surface area contributed by atoms with Crippen molar-refractivity contribution in [2.75, 3.05) is 6.07 Å². The van der Waals surface area contributed by atoms with Crippen LogP contribution in [0.2, 0.25) is 0 Å². The molecular formula is C7H13ClO2. The molecule has 0 heterocycles. The highest BCUT2D eigenvalue weighted by molar-refractivity contribution is 6.17. The summed E-state index contributed by atoms with van der Waals surface area (Å²) in [6, 6.07) is -0.0533. The summed E-state index contributed by atoms with van der Waals surface area (Å²) < 4.78 is 4.62. The monoisotopic (exact) mass is 164 g/mol. The summed E-state index contributed by atoms with van der Waals surface area (Å²) in [5, 5.41) is 0. The molecule has 0 amide bonds. The van der Waals surface area contributed by atoms with E-state index in [0.29, 0.717) is 0 Å². The average Bonchev–Trinajstić information content (AvgIpc) is 1.89. The Kier molecular flexibility index (Phi) is 3.72. The van der Waals surface area contributed by atoms with Crippen LogP contribution >= 0.6 is 11.6 Å². The fourth-order valence-corrected chi connectivity index (χ4v) is 0.488. The molecule has 0 spiro atoms. The molecule has 0 aliphatic carbocycles. The van der Waals surface area contributed by atoms with E-state index >= 15 is 0 Å². The van der Waals surface area contributed by atoms with E-state index in [1.807, 2.05) is 20.8 Å². The molecule has 0 saturated heterocycles. The van der Waals surface area contributed by atoms with Crippen molar-refractivity contribution < 1.29 is 9.53 Å². The Balaban J connectivity index is 3.91. The lowest BCUT2D eigenvalue weighted by molar-refractivity contribution is -0.151. The van der Waals surface area contributed by atoms with E-state index < -0.39 is 5.41 Å². The van der Waals surface area contributed by atoms with E-state index in [-0.39, 0.29) is 12.0 Å². The van der Waals surface area contributed by atoms with Gasteiger partial charge in [0, 0.05) is 0 Å². The van der Waals surface area contributed by atoms with Crippen LogP contribution < -0.4 is 0 Å². The largest absolute Gasteiger partial charge is 0.449 e. The van der Waals surface area contributed by atoms with Gasteiger partial charge in [0.05, 0.1) is 5.41 Å². The van der Waals surface area contributed by atoms with Gasteiger partial charge in [-0.3, -0.25) is 4.79 Å². The maximum Gasteiger partial charge on any atom is 0.312 e. The van der Waals surface area contributed by atoms with Gasteiger partial charge in [-0.1, -0.05) is 18.5 Å². The van der Waals surface area contributed by atoms with Gasteiger partial charge in [0.2, 0.25) is 0 Å². The lowest BCUT2D eigenvalue weighted by atomic mass is 9.91. The topological polar surface area (TPSA) is 26.3 Å². The lowest BCUT2D eigenvalue weighted by Gasteiger charge is -2.18. The molecule has 0 bridgehead atoms. The first-order chi connectivity index (χ1) is 4.54. The predicted octanol–water partition coefficient (Wildman–Crippen LogP) is 2.16. The molecular weight excluding hydrogens is 152 g/mol. The van der Waals surface area contributed by atoms with Crippen LogP contribution in [0.4, 0.5) is 0 Å². The number of halogens is 1. The van der Waals surface area contributed by atoms with Gasteiger partial charge < -0.3 is 4.74 Å². The Morgan fingerprint density at radius 2 is 2.10 bits per heavy atom. The van der Waals surface area contributed by atoms with Crippen LogP contribution in [0.3, 0.4) is 0 Å². The fraction of sp³-hybridized carbons (Fsp3) is 0.857. The van der Waals surface area contributed by atoms with Crippen molar-refractivity contribution >= 4 is 17.6 Å². The number of hydrogen-bond acceptors (Lipinski definition) is 2. The summed E-state index contributed by atoms with van der Waals surface area (Å²) in [5.41, 5.74) is -0.394. The van der Waals surface area contributed by atoms with Crippen molar-refractivity contribution in [2.45, 2.75) is 27.2 Å². The minimum atomic E-state index is -0.394. The van der Waals surface area contributed by atoms with Crippen molar-refractivity contribution in [3.05, 3.63) is 0 Å². The van der Waals surface area contributed by atoms with Gasteiger partial charge in [0.15, 0.2) is 6.07 Å². The minimum absolute atomic E-state index is 0.0533. The normalized spacial score (nSPS) is 11.2. The number of ether oxygens (including phenoxy) is 1. The molecule has 0 aromatic carbocycles. The van der Waals surface area contributed by atoms with E-state index in [9.17, 15) is 4.79 Å². The van der Waals surface area contributed by atoms with Crippen molar-refractivity contribution in [3.8, 4) is 0 Å². The number of alkyl halides is 1. The van der Waals surface area contributed by atoms with E-state index in [1.54, 1.807) is 0 Å². The molecule has 0 atom stereocenters. The second kappa shape index (κ2) is 3.81. The van der Waals surface area contributed by atoms with Gasteiger partial charge in [0.25, 0.3) is 0 Å². The number of rotatable bonds is 3. The van der Waals surface area contributed by atoms with Crippen molar-refractivity contribution in [1.29, 1.82) is 0 Å². The zero-order valence-electron chi connectivity index (χ0n) is 6.61. The number of hydrogen-bond donors (Lipinski definition) is 0. The molecule has 0 saturated carbocycles. The predicted molar refractivity (Wildman–Crippen MR) is 40.9 cm³/mol. The summed E-state index contributed by atoms with van der Waals surface area (Å²) in [5.74, 6) is -0.231. The highest BCUT2D eigenvalue weighted by Gasteiger charge is 2.26. The molecule has 10 heavy (non-hydrogen) atoms. The maximum absolute atomic E-state index is 11.0. The fourth-order valence-electron chi connectivity index (χ4n) is 0.389. The Labute approximate surface area is 66.5 Å². The summed E-state index contributed by atoms with van der Waals surface area (Å²) in [6.45, 7) is 5.61. The van der Waals surface area contributed by atoms with Crippen LogP contribution in [0.5, 0.6) is 0 Å². The minimum Gasteiger partial charge on any atom is -0.449 e. The van der Waals surface area contributed by atoms with E-state index in [4.69, 9.17) is 11.6 Å². The quantitative estimate of drug-likeness (QED) is 0.472. The summed E-state index contributed by atoms with van der Waals surface area (Å²) in [4.78, 5) is 11.0. The SMILES string of the molecule is CCC(C)(C)C(=O)OCCl. The third-order valence-electron chi connectivity index (χ3n) is 1.62. The second-order valence-corrected chi connectivity index (χ2v) is 3.00. The summed E-state index contributed by atoms with van der Waals surface area (Å²) in [7, 11) is 0. The molecule has 0 aliphatic heterocycles. The molecule has 0 aliphatic rings. The summed E-state index contributed by atoms with van der Waals surface area (Å²) in [6.07, 6.45) is 0.767. The van der Waals surface area contributed by atoms with Crippen LogP contribution in [0, 0.1) is 5.41 Å². The molecule has 2 nitrogen and oxygen atoms in total. The zero-order valence-corrected chi connectivity index (χ0v) is 7.36. The molecule has 60 valence electrons. The van der Waals surface area contributed by atoms with E-state index in [1.165, 1.54) is 0 Å². The van der Waals surface area contributed by atoms with Crippen LogP contribution in [-0.2, 0) is 9.53 Å². The van der Waals surface area contributed by atoms with Crippen molar-refractivity contribution in [3.63, 3.8) is 0 Å². The molecule has 0 fully saturated rings. The Bertz CT molecular complexity index is 121. The van der Waals surface area contributed by atoms with Crippen LogP contribution in [0.1, 0.15) is 27.2 Å². The van der Waals surface area contributed by atoms with E-state index in [0.717, 1.165) is 6.42 Å². The van der Waals surface area contributed by atoms with Gasteiger partial charge in [-0.15, -0.1) is 0 Å². The van der Waals surface area contributed by atoms with Gasteiger partial charge in [0.1, 0.15) is 0 Å². The average molecular weight is 165 g/mol. The van der Waals surface area contributed by atoms with Gasteiger partial charge >= 0.3 is 5.97 Å². The Morgan fingerprint density at radius 1 is 1.60 bits per heavy atom. The third-order valence-corrected chi connectivity index (χ3v) is 1.73. The first kappa shape index (κ1) is 9.76. The van der Waals surface area contributed by atoms with Crippen LogP contribution in [0.25, 0.3) is 0 Å². The first-order valence-corrected chi connectivity index (χ1v) is 3.81. The highest BCUT2D eigenvalue weighted by Crippen LogP contribution is 2.21. The number of carbonyl (C=O) groups is 1. The first-order valence-electron chi connectivity index (χ1n) is 3.27. The van der Waals surface area contributed by atoms with Gasteiger partial charge in [-0.25, -0.2) is 0 Å². The van der Waals surface area contributed by atoms with Gasteiger partial charge in [-0.2, -0.15) is 0 Å². The second-order valence-electron chi connectivity index (χ2n) is 2.78. The maximum atomic E-state index is 11.0. The Morgan fingerprint density at radius 3 is 2.40 bits per heavy atom. The van der Waals surface area contributed by atoms with Gasteiger partial charge in [-0.05, 0) is 20.3 Å². The molecule has 0 rings (SSSR count). The van der Waals surface area contributed by atoms with Crippen LogP contribution in [-0.4, -0.2) is 12.0 Å². The molecule has 0 N–H and O–H groups in total. The molecule has 0 aromatic rings. The molecule has 3 heteroatoms. The zero-order chi connectivity index (χ0) is 8.20. The summed E-state index contributed by atoms with van der Waals surface area (Å²) >= 11 is 5.22. The third kappa shape index (κ3) is 2.56. The van der Waals surface area contributed by atoms with E-state index in [2.05, 4.69) is 4.74 Å². The standard InChI is InChI=1S/C7H13ClO2/c1-4-7(2,3)6(9)10-5-8/h4-5H2,1-3H3. The van der Waals surface area contributed by atoms with Crippen LogP contribution in [0.15, 0.2) is 0 Å². The lowest BCUT2D eigenvalue weighted by Crippen LogP contribution is -2.25. The number of esters is 1. The molecule has 0 aromatic heterocycles. The van der Waals surface area contributed by atoms with Crippen molar-refractivity contribution in [2.24, 2.45) is 5.41 Å². The highest BCUT2D eigenvalue weighted by atomic mass is 35.5. The molecule has 0 radical (unpaired) electrons. The smallest absolute Gasteiger partial charge is 0.312 e. The Hall–Kier alpha value is -0.240. The molecule has 0 unspecified atom stereocenters.